The van der Waals surface area contributed by atoms with Crippen LogP contribution in [0.25, 0.3) is 0 Å². The maximum absolute atomic E-state index is 12.4. The van der Waals surface area contributed by atoms with Crippen molar-refractivity contribution < 1.29 is 18.0 Å². The van der Waals surface area contributed by atoms with Crippen molar-refractivity contribution in [3.8, 4) is 0 Å². The predicted octanol–water partition coefficient (Wildman–Crippen LogP) is 3.22. The van der Waals surface area contributed by atoms with E-state index in [0.29, 0.717) is 12.1 Å². The zero-order valence-corrected chi connectivity index (χ0v) is 9.29. The first-order valence-corrected chi connectivity index (χ1v) is 5.39. The van der Waals surface area contributed by atoms with Gasteiger partial charge in [-0.05, 0) is 37.6 Å². The Kier molecular flexibility index (Phi) is 2.85. The van der Waals surface area contributed by atoms with Crippen LogP contribution in [0.2, 0.25) is 0 Å². The van der Waals surface area contributed by atoms with E-state index < -0.39 is 11.7 Å². The van der Waals surface area contributed by atoms with Crippen molar-refractivity contribution in [3.05, 3.63) is 29.8 Å². The first-order valence-electron chi connectivity index (χ1n) is 5.39. The molecule has 1 heterocycles. The lowest BCUT2D eigenvalue weighted by atomic mass is 10.2. The standard InChI is InChI=1S/C12H12F3NO/c1-8-2-7-11(17)16(8)10-5-3-9(4-6-10)12(13,14)15/h3-6,8H,2,7H2,1H3/t8-/m0/s1. The number of carbonyl (C=O) groups excluding carboxylic acids is 1. The molecule has 0 aliphatic carbocycles. The Morgan fingerprint density at radius 3 is 2.24 bits per heavy atom. The Bertz CT molecular complexity index is 424. The van der Waals surface area contributed by atoms with Gasteiger partial charge in [-0.3, -0.25) is 4.79 Å². The van der Waals surface area contributed by atoms with E-state index in [1.807, 2.05) is 6.92 Å². The second kappa shape index (κ2) is 4.05. The second-order valence-electron chi connectivity index (χ2n) is 4.20. The molecule has 1 fully saturated rings. The van der Waals surface area contributed by atoms with Crippen LogP contribution in [0.3, 0.4) is 0 Å². The fourth-order valence-electron chi connectivity index (χ4n) is 2.04. The molecule has 1 aliphatic rings. The summed E-state index contributed by atoms with van der Waals surface area (Å²) >= 11 is 0. The van der Waals surface area contributed by atoms with Gasteiger partial charge in [0.1, 0.15) is 0 Å². The van der Waals surface area contributed by atoms with E-state index in [1.165, 1.54) is 12.1 Å². The Morgan fingerprint density at radius 2 is 1.82 bits per heavy atom. The van der Waals surface area contributed by atoms with Gasteiger partial charge < -0.3 is 4.90 Å². The minimum Gasteiger partial charge on any atom is -0.310 e. The average Bonchev–Trinajstić information content (AvgIpc) is 2.58. The van der Waals surface area contributed by atoms with E-state index in [4.69, 9.17) is 0 Å². The number of halogens is 3. The maximum atomic E-state index is 12.4. The van der Waals surface area contributed by atoms with E-state index in [0.717, 1.165) is 18.6 Å². The van der Waals surface area contributed by atoms with Gasteiger partial charge in [0, 0.05) is 18.2 Å². The third-order valence-electron chi connectivity index (χ3n) is 2.96. The monoisotopic (exact) mass is 243 g/mol. The highest BCUT2D eigenvalue weighted by atomic mass is 19.4. The Hall–Kier alpha value is -1.52. The third kappa shape index (κ3) is 2.28. The molecule has 2 rings (SSSR count). The molecule has 0 saturated carbocycles. The van der Waals surface area contributed by atoms with Crippen LogP contribution < -0.4 is 4.90 Å². The van der Waals surface area contributed by atoms with E-state index >= 15 is 0 Å². The number of benzene rings is 1. The highest BCUT2D eigenvalue weighted by molar-refractivity contribution is 5.96. The van der Waals surface area contributed by atoms with Gasteiger partial charge in [-0.1, -0.05) is 0 Å². The van der Waals surface area contributed by atoms with Crippen molar-refractivity contribution in [2.75, 3.05) is 4.90 Å². The summed E-state index contributed by atoms with van der Waals surface area (Å²) in [5, 5.41) is 0. The molecule has 1 saturated heterocycles. The fraction of sp³-hybridized carbons (Fsp3) is 0.417. The van der Waals surface area contributed by atoms with Crippen LogP contribution in [0.4, 0.5) is 18.9 Å². The molecule has 0 spiro atoms. The number of anilines is 1. The van der Waals surface area contributed by atoms with Crippen LogP contribution in [-0.2, 0) is 11.0 Å². The summed E-state index contributed by atoms with van der Waals surface area (Å²) in [5.74, 6) is -0.0303. The normalized spacial score (nSPS) is 21.1. The first kappa shape index (κ1) is 12.0. The van der Waals surface area contributed by atoms with E-state index in [1.54, 1.807) is 4.90 Å². The molecule has 1 aromatic rings. The van der Waals surface area contributed by atoms with Gasteiger partial charge in [0.15, 0.2) is 0 Å². The van der Waals surface area contributed by atoms with E-state index in [-0.39, 0.29) is 11.9 Å². The van der Waals surface area contributed by atoms with Gasteiger partial charge in [0.2, 0.25) is 5.91 Å². The number of hydrogen-bond donors (Lipinski definition) is 0. The van der Waals surface area contributed by atoms with Crippen LogP contribution in [0, 0.1) is 0 Å². The van der Waals surface area contributed by atoms with Crippen molar-refractivity contribution in [2.45, 2.75) is 32.0 Å². The van der Waals surface area contributed by atoms with E-state index in [9.17, 15) is 18.0 Å². The number of alkyl halides is 3. The summed E-state index contributed by atoms with van der Waals surface area (Å²) in [6, 6.07) is 4.77. The highest BCUT2D eigenvalue weighted by Crippen LogP contribution is 2.32. The lowest BCUT2D eigenvalue weighted by molar-refractivity contribution is -0.137. The molecular weight excluding hydrogens is 231 g/mol. The van der Waals surface area contributed by atoms with Crippen LogP contribution >= 0.6 is 0 Å². The molecule has 1 aromatic carbocycles. The molecule has 0 radical (unpaired) electrons. The minimum atomic E-state index is -4.33. The first-order chi connectivity index (χ1) is 7.89. The number of rotatable bonds is 1. The Labute approximate surface area is 97.0 Å². The van der Waals surface area contributed by atoms with Crippen molar-refractivity contribution in [1.29, 1.82) is 0 Å². The second-order valence-corrected chi connectivity index (χ2v) is 4.20. The van der Waals surface area contributed by atoms with Crippen molar-refractivity contribution in [2.24, 2.45) is 0 Å². The SMILES string of the molecule is C[C@H]1CCC(=O)N1c1ccc(C(F)(F)F)cc1. The molecule has 1 atom stereocenters. The number of carbonyl (C=O) groups is 1. The topological polar surface area (TPSA) is 20.3 Å². The largest absolute Gasteiger partial charge is 0.416 e. The van der Waals surface area contributed by atoms with Crippen molar-refractivity contribution in [1.82, 2.24) is 0 Å². The molecule has 17 heavy (non-hydrogen) atoms. The van der Waals surface area contributed by atoms with Crippen LogP contribution in [0.15, 0.2) is 24.3 Å². The molecule has 0 aromatic heterocycles. The van der Waals surface area contributed by atoms with Gasteiger partial charge in [-0.2, -0.15) is 13.2 Å². The molecule has 0 bridgehead atoms. The predicted molar refractivity (Wildman–Crippen MR) is 57.6 cm³/mol. The number of hydrogen-bond acceptors (Lipinski definition) is 1. The Morgan fingerprint density at radius 1 is 1.24 bits per heavy atom. The Balaban J connectivity index is 2.27. The molecule has 0 unspecified atom stereocenters. The zero-order chi connectivity index (χ0) is 12.6. The van der Waals surface area contributed by atoms with Gasteiger partial charge in [0.25, 0.3) is 0 Å². The summed E-state index contributed by atoms with van der Waals surface area (Å²) < 4.78 is 37.1. The van der Waals surface area contributed by atoms with Crippen LogP contribution in [0.5, 0.6) is 0 Å². The number of nitrogens with zero attached hydrogens (tertiary/aromatic N) is 1. The summed E-state index contributed by atoms with van der Waals surface area (Å²) in [6.07, 6.45) is -3.12. The molecule has 5 heteroatoms. The number of amides is 1. The van der Waals surface area contributed by atoms with Gasteiger partial charge in [0.05, 0.1) is 5.56 Å². The van der Waals surface area contributed by atoms with Crippen LogP contribution in [0.1, 0.15) is 25.3 Å². The summed E-state index contributed by atoms with van der Waals surface area (Å²) in [5.41, 5.74) is -0.159. The molecular formula is C12H12F3NO. The maximum Gasteiger partial charge on any atom is 0.416 e. The minimum absolute atomic E-state index is 0.0303. The average molecular weight is 243 g/mol. The van der Waals surface area contributed by atoms with Gasteiger partial charge in [-0.25, -0.2) is 0 Å². The lowest BCUT2D eigenvalue weighted by Gasteiger charge is -2.22. The van der Waals surface area contributed by atoms with Gasteiger partial charge in [-0.15, -0.1) is 0 Å². The fourth-order valence-corrected chi connectivity index (χ4v) is 2.04. The highest BCUT2D eigenvalue weighted by Gasteiger charge is 2.32. The zero-order valence-electron chi connectivity index (χ0n) is 9.29. The van der Waals surface area contributed by atoms with E-state index in [2.05, 4.69) is 0 Å². The third-order valence-corrected chi connectivity index (χ3v) is 2.96. The quantitative estimate of drug-likeness (QED) is 0.741. The molecule has 92 valence electrons. The summed E-state index contributed by atoms with van der Waals surface area (Å²) in [7, 11) is 0. The lowest BCUT2D eigenvalue weighted by Crippen LogP contribution is -2.30. The van der Waals surface area contributed by atoms with Gasteiger partial charge >= 0.3 is 6.18 Å². The van der Waals surface area contributed by atoms with Crippen molar-refractivity contribution >= 4 is 11.6 Å². The molecule has 1 aliphatic heterocycles. The molecule has 2 nitrogen and oxygen atoms in total. The summed E-state index contributed by atoms with van der Waals surface area (Å²) in [6.45, 7) is 1.89. The van der Waals surface area contributed by atoms with Crippen LogP contribution in [-0.4, -0.2) is 11.9 Å². The molecule has 1 amide bonds. The molecule has 0 N–H and O–H groups in total. The smallest absolute Gasteiger partial charge is 0.310 e. The van der Waals surface area contributed by atoms with Crippen molar-refractivity contribution in [3.63, 3.8) is 0 Å². The summed E-state index contributed by atoms with van der Waals surface area (Å²) in [4.78, 5) is 13.1.